The Morgan fingerprint density at radius 1 is 1.40 bits per heavy atom. The monoisotopic (exact) mass is 351 g/mol. The molecule has 25 heavy (non-hydrogen) atoms. The summed E-state index contributed by atoms with van der Waals surface area (Å²) in [4.78, 5) is 23.2. The smallest absolute Gasteiger partial charge is 0.412 e. The second-order valence-corrected chi connectivity index (χ2v) is 5.60. The third-order valence-corrected chi connectivity index (χ3v) is 4.08. The lowest BCUT2D eigenvalue weighted by atomic mass is 9.88. The number of carbonyl (C=O) groups excluding carboxylic acids is 2. The molecule has 3 N–H and O–H groups in total. The van der Waals surface area contributed by atoms with E-state index in [2.05, 4.69) is 21.2 Å². The van der Waals surface area contributed by atoms with Crippen molar-refractivity contribution in [3.05, 3.63) is 11.8 Å². The first-order chi connectivity index (χ1) is 12.0. The molecule has 136 valence electrons. The molecule has 1 aromatic rings. The number of nitrogens with one attached hydrogen (secondary N) is 1. The highest BCUT2D eigenvalue weighted by atomic mass is 16.5. The molecular formula is C15H21N5O5. The lowest BCUT2D eigenvalue weighted by molar-refractivity contribution is 0.0584. The van der Waals surface area contributed by atoms with Crippen LogP contribution in [0.15, 0.2) is 6.20 Å². The lowest BCUT2D eigenvalue weighted by Gasteiger charge is -2.31. The summed E-state index contributed by atoms with van der Waals surface area (Å²) in [6.07, 6.45) is 1.80. The number of carbonyl (C=O) groups is 2. The van der Waals surface area contributed by atoms with Gasteiger partial charge in [-0.15, -0.1) is 0 Å². The van der Waals surface area contributed by atoms with Crippen molar-refractivity contribution in [3.8, 4) is 6.07 Å². The summed E-state index contributed by atoms with van der Waals surface area (Å²) in [5.41, 5.74) is 4.67. The minimum Gasteiger partial charge on any atom is -0.453 e. The Labute approximate surface area is 144 Å². The maximum atomic E-state index is 11.7. The number of amides is 2. The van der Waals surface area contributed by atoms with E-state index in [-0.39, 0.29) is 17.8 Å². The fraction of sp³-hybridized carbons (Fsp3) is 0.600. The molecule has 0 saturated carbocycles. The predicted molar refractivity (Wildman–Crippen MR) is 85.8 cm³/mol. The zero-order chi connectivity index (χ0) is 18.3. The van der Waals surface area contributed by atoms with Crippen LogP contribution >= 0.6 is 0 Å². The van der Waals surface area contributed by atoms with E-state index in [0.29, 0.717) is 39.3 Å². The third-order valence-electron chi connectivity index (χ3n) is 4.08. The summed E-state index contributed by atoms with van der Waals surface area (Å²) in [6.45, 7) is 1.78. The van der Waals surface area contributed by atoms with Gasteiger partial charge in [0.2, 0.25) is 0 Å². The number of nitrogens with two attached hydrogens (primary N) is 1. The topological polar surface area (TPSA) is 141 Å². The minimum absolute atomic E-state index is 0.0154. The molecule has 0 unspecified atom stereocenters. The van der Waals surface area contributed by atoms with Crippen molar-refractivity contribution in [3.63, 3.8) is 0 Å². The van der Waals surface area contributed by atoms with Gasteiger partial charge in [0.15, 0.2) is 5.82 Å². The average Bonchev–Trinajstić information content (AvgIpc) is 3.04. The molecule has 2 rings (SSSR count). The zero-order valence-corrected chi connectivity index (χ0v) is 14.0. The van der Waals surface area contributed by atoms with E-state index >= 15 is 0 Å². The summed E-state index contributed by atoms with van der Waals surface area (Å²) < 4.78 is 17.0. The van der Waals surface area contributed by atoms with E-state index in [1.165, 1.54) is 18.0 Å². The quantitative estimate of drug-likeness (QED) is 0.808. The van der Waals surface area contributed by atoms with E-state index in [4.69, 9.17) is 15.2 Å². The van der Waals surface area contributed by atoms with Crippen LogP contribution in [0.2, 0.25) is 0 Å². The molecule has 1 aliphatic heterocycles. The maximum Gasteiger partial charge on any atom is 0.412 e. The Balaban J connectivity index is 2.42. The Kier molecular flexibility index (Phi) is 6.32. The molecule has 0 aliphatic carbocycles. The van der Waals surface area contributed by atoms with E-state index in [1.807, 2.05) is 0 Å². The Morgan fingerprint density at radius 2 is 2.04 bits per heavy atom. The van der Waals surface area contributed by atoms with Gasteiger partial charge in [0, 0.05) is 19.4 Å². The number of anilines is 1. The average molecular weight is 351 g/mol. The number of aromatic nitrogens is 2. The molecule has 0 radical (unpaired) electrons. The molecule has 1 aromatic heterocycles. The van der Waals surface area contributed by atoms with Crippen LogP contribution in [-0.4, -0.2) is 55.3 Å². The number of primary amides is 1. The molecule has 0 aromatic carbocycles. The molecule has 1 fully saturated rings. The second kappa shape index (κ2) is 8.46. The fourth-order valence-electron chi connectivity index (χ4n) is 2.64. The van der Waals surface area contributed by atoms with Crippen LogP contribution in [0.1, 0.15) is 29.6 Å². The van der Waals surface area contributed by atoms with Gasteiger partial charge in [0.1, 0.15) is 5.56 Å². The first kappa shape index (κ1) is 18.7. The Hall–Kier alpha value is -2.64. The van der Waals surface area contributed by atoms with E-state index < -0.39 is 17.5 Å². The summed E-state index contributed by atoms with van der Waals surface area (Å²) in [5, 5.41) is 15.9. The number of nitriles is 1. The van der Waals surface area contributed by atoms with E-state index in [9.17, 15) is 14.9 Å². The van der Waals surface area contributed by atoms with Crippen LogP contribution in [0, 0.1) is 11.3 Å². The number of nitrogens with zero attached hydrogens (tertiary/aromatic N) is 3. The fourth-order valence-corrected chi connectivity index (χ4v) is 2.64. The van der Waals surface area contributed by atoms with E-state index in [1.54, 1.807) is 0 Å². The van der Waals surface area contributed by atoms with Gasteiger partial charge >= 0.3 is 6.09 Å². The SMILES string of the molecule is COC(=O)Nc1nn(C2(CC#N)CCOCCOCC2)cc1C(N)=O. The third kappa shape index (κ3) is 4.46. The summed E-state index contributed by atoms with van der Waals surface area (Å²) >= 11 is 0. The van der Waals surface area contributed by atoms with E-state index in [0.717, 1.165) is 0 Å². The van der Waals surface area contributed by atoms with Crippen LogP contribution in [0.5, 0.6) is 0 Å². The molecule has 10 nitrogen and oxygen atoms in total. The number of hydrogen-bond donors (Lipinski definition) is 2. The first-order valence-corrected chi connectivity index (χ1v) is 7.80. The Morgan fingerprint density at radius 3 is 2.56 bits per heavy atom. The van der Waals surface area contributed by atoms with Gasteiger partial charge in [0.05, 0.1) is 38.4 Å². The van der Waals surface area contributed by atoms with Crippen molar-refractivity contribution >= 4 is 17.8 Å². The van der Waals surface area contributed by atoms with Crippen molar-refractivity contribution in [1.29, 1.82) is 5.26 Å². The molecule has 1 saturated heterocycles. The van der Waals surface area contributed by atoms with Gasteiger partial charge < -0.3 is 19.9 Å². The zero-order valence-electron chi connectivity index (χ0n) is 14.0. The molecular weight excluding hydrogens is 330 g/mol. The standard InChI is InChI=1S/C15H21N5O5/c1-23-14(22)18-13-11(12(17)21)10-20(19-13)15(2-5-16)3-6-24-8-9-25-7-4-15/h10H,2-4,6-9H2,1H3,(H2,17,21)(H,18,19,22). The van der Waals surface area contributed by atoms with Crippen LogP contribution in [0.3, 0.4) is 0 Å². The molecule has 2 heterocycles. The van der Waals surface area contributed by atoms with Gasteiger partial charge in [0.25, 0.3) is 5.91 Å². The molecule has 0 spiro atoms. The van der Waals surface area contributed by atoms with Crippen molar-refractivity contribution in [2.24, 2.45) is 5.73 Å². The minimum atomic E-state index is -0.775. The van der Waals surface area contributed by atoms with Gasteiger partial charge in [-0.3, -0.25) is 14.8 Å². The Bertz CT molecular complexity index is 656. The van der Waals surface area contributed by atoms with Crippen LogP contribution < -0.4 is 11.1 Å². The predicted octanol–water partition coefficient (Wildman–Crippen LogP) is 0.596. The molecule has 2 amide bonds. The first-order valence-electron chi connectivity index (χ1n) is 7.80. The number of hydrogen-bond acceptors (Lipinski definition) is 7. The van der Waals surface area contributed by atoms with Crippen LogP contribution in [0.25, 0.3) is 0 Å². The normalized spacial score (nSPS) is 17.4. The highest BCUT2D eigenvalue weighted by Crippen LogP contribution is 2.31. The molecule has 1 aliphatic rings. The van der Waals surface area contributed by atoms with Gasteiger partial charge in [-0.2, -0.15) is 10.4 Å². The summed E-state index contributed by atoms with van der Waals surface area (Å²) in [7, 11) is 1.19. The number of methoxy groups -OCH3 is 1. The van der Waals surface area contributed by atoms with Crippen molar-refractivity contribution in [2.45, 2.75) is 24.8 Å². The van der Waals surface area contributed by atoms with Crippen LogP contribution in [-0.2, 0) is 19.7 Å². The lowest BCUT2D eigenvalue weighted by Crippen LogP contribution is -2.36. The highest BCUT2D eigenvalue weighted by molar-refractivity contribution is 6.00. The summed E-state index contributed by atoms with van der Waals surface area (Å²) in [6, 6.07) is 2.16. The second-order valence-electron chi connectivity index (χ2n) is 5.60. The van der Waals surface area contributed by atoms with Gasteiger partial charge in [-0.25, -0.2) is 4.79 Å². The van der Waals surface area contributed by atoms with Gasteiger partial charge in [-0.05, 0) is 12.8 Å². The highest BCUT2D eigenvalue weighted by Gasteiger charge is 2.35. The largest absolute Gasteiger partial charge is 0.453 e. The number of ether oxygens (including phenoxy) is 3. The molecule has 10 heteroatoms. The summed E-state index contributed by atoms with van der Waals surface area (Å²) in [5.74, 6) is -0.765. The molecule has 0 bridgehead atoms. The maximum absolute atomic E-state index is 11.7. The van der Waals surface area contributed by atoms with Crippen molar-refractivity contribution in [1.82, 2.24) is 9.78 Å². The van der Waals surface area contributed by atoms with Crippen LogP contribution in [0.4, 0.5) is 10.6 Å². The van der Waals surface area contributed by atoms with Crippen molar-refractivity contribution in [2.75, 3.05) is 38.9 Å². The van der Waals surface area contributed by atoms with Crippen molar-refractivity contribution < 1.29 is 23.8 Å². The molecule has 0 atom stereocenters. The number of rotatable bonds is 4. The van der Waals surface area contributed by atoms with Gasteiger partial charge in [-0.1, -0.05) is 0 Å².